The summed E-state index contributed by atoms with van der Waals surface area (Å²) in [6.07, 6.45) is 0.802. The number of halogens is 1. The van der Waals surface area contributed by atoms with Crippen LogP contribution in [0.1, 0.15) is 44.2 Å². The average molecular weight is 337 g/mol. The number of hydrogen-bond donors (Lipinski definition) is 0. The molecule has 2 heteroatoms. The Morgan fingerprint density at radius 2 is 1.71 bits per heavy atom. The molecule has 0 unspecified atom stereocenters. The molecule has 1 aliphatic rings. The van der Waals surface area contributed by atoms with E-state index in [-0.39, 0.29) is 17.1 Å². The van der Waals surface area contributed by atoms with Crippen LogP contribution in [0.25, 0.3) is 0 Å². The van der Waals surface area contributed by atoms with E-state index in [4.69, 9.17) is 11.6 Å². The minimum absolute atomic E-state index is 0.00796. The first kappa shape index (κ1) is 16.8. The van der Waals surface area contributed by atoms with Gasteiger partial charge in [0.15, 0.2) is 0 Å². The van der Waals surface area contributed by atoms with E-state index in [1.807, 2.05) is 63.2 Å². The molecule has 0 bridgehead atoms. The summed E-state index contributed by atoms with van der Waals surface area (Å²) in [4.78, 5) is 13.0. The number of benzene rings is 2. The van der Waals surface area contributed by atoms with Crippen LogP contribution >= 0.6 is 11.6 Å². The van der Waals surface area contributed by atoms with Gasteiger partial charge in [0.05, 0.1) is 5.41 Å². The van der Waals surface area contributed by atoms with Gasteiger partial charge in [-0.05, 0) is 56.4 Å². The summed E-state index contributed by atoms with van der Waals surface area (Å²) in [7, 11) is 0. The zero-order valence-electron chi connectivity index (χ0n) is 14.3. The molecule has 0 heterocycles. The van der Waals surface area contributed by atoms with E-state index in [2.05, 4.69) is 24.0 Å². The molecule has 0 aliphatic heterocycles. The molecule has 1 fully saturated rings. The molecule has 24 heavy (non-hydrogen) atoms. The molecule has 3 rings (SSSR count). The van der Waals surface area contributed by atoms with Crippen LogP contribution in [0.2, 0.25) is 5.02 Å². The van der Waals surface area contributed by atoms with Crippen LogP contribution < -0.4 is 0 Å². The Morgan fingerprint density at radius 1 is 1.08 bits per heavy atom. The fourth-order valence-corrected chi connectivity index (χ4v) is 3.28. The van der Waals surface area contributed by atoms with Crippen molar-refractivity contribution in [2.24, 2.45) is 5.41 Å². The van der Waals surface area contributed by atoms with Gasteiger partial charge in [-0.1, -0.05) is 60.0 Å². The van der Waals surface area contributed by atoms with Gasteiger partial charge in [-0.15, -0.1) is 0 Å². The second kappa shape index (κ2) is 6.11. The van der Waals surface area contributed by atoms with E-state index < -0.39 is 5.41 Å². The van der Waals surface area contributed by atoms with Crippen molar-refractivity contribution in [2.75, 3.05) is 0 Å². The summed E-state index contributed by atoms with van der Waals surface area (Å²) < 4.78 is 0. The average Bonchev–Trinajstić information content (AvgIpc) is 3.30. The van der Waals surface area contributed by atoms with Crippen molar-refractivity contribution >= 4 is 17.4 Å². The van der Waals surface area contributed by atoms with E-state index in [9.17, 15) is 4.79 Å². The Bertz CT molecular complexity index is 803. The minimum Gasteiger partial charge on any atom is -0.284 e. The standard InChI is InChI=1S/C22H21ClO/c1-21(2,3)14-13-20(24)22(17-9-11-18(23)12-10-17)15-19(22)16-7-5-4-6-8-16/h4-12,19H,15H2,1-3H3/t19-,22-/m1/s1. The van der Waals surface area contributed by atoms with E-state index >= 15 is 0 Å². The van der Waals surface area contributed by atoms with Gasteiger partial charge in [0, 0.05) is 16.4 Å². The first-order chi connectivity index (χ1) is 11.3. The van der Waals surface area contributed by atoms with Crippen molar-refractivity contribution in [3.05, 3.63) is 70.7 Å². The highest BCUT2D eigenvalue weighted by Gasteiger charge is 2.60. The van der Waals surface area contributed by atoms with Gasteiger partial charge in [0.25, 0.3) is 0 Å². The molecule has 122 valence electrons. The Labute approximate surface area is 149 Å². The molecule has 2 atom stereocenters. The highest BCUT2D eigenvalue weighted by molar-refractivity contribution is 6.30. The van der Waals surface area contributed by atoms with Gasteiger partial charge in [-0.2, -0.15) is 0 Å². The smallest absolute Gasteiger partial charge is 0.216 e. The van der Waals surface area contributed by atoms with Crippen molar-refractivity contribution in [2.45, 2.75) is 38.5 Å². The zero-order valence-corrected chi connectivity index (χ0v) is 15.0. The SMILES string of the molecule is CC(C)(C)C#CC(=O)[C@@]1(c2ccc(Cl)cc2)C[C@@H]1c1ccccc1. The van der Waals surface area contributed by atoms with E-state index in [0.29, 0.717) is 5.02 Å². The zero-order chi connectivity index (χ0) is 17.4. The third kappa shape index (κ3) is 3.25. The molecule has 2 aromatic rings. The van der Waals surface area contributed by atoms with Gasteiger partial charge in [-0.25, -0.2) is 0 Å². The summed E-state index contributed by atoms with van der Waals surface area (Å²) in [5, 5.41) is 0.680. The van der Waals surface area contributed by atoms with Gasteiger partial charge >= 0.3 is 0 Å². The van der Waals surface area contributed by atoms with Gasteiger partial charge in [0.1, 0.15) is 0 Å². The number of rotatable bonds is 3. The highest BCUT2D eigenvalue weighted by Crippen LogP contribution is 2.61. The number of hydrogen-bond acceptors (Lipinski definition) is 1. The Morgan fingerprint density at radius 3 is 2.29 bits per heavy atom. The number of ketones is 1. The normalized spacial score (nSPS) is 22.4. The van der Waals surface area contributed by atoms with Crippen LogP contribution in [0.15, 0.2) is 54.6 Å². The Balaban J connectivity index is 2.02. The van der Waals surface area contributed by atoms with Crippen molar-refractivity contribution in [1.82, 2.24) is 0 Å². The lowest BCUT2D eigenvalue weighted by molar-refractivity contribution is -0.116. The molecule has 2 aromatic carbocycles. The van der Waals surface area contributed by atoms with E-state index in [1.165, 1.54) is 5.56 Å². The third-order valence-electron chi connectivity index (χ3n) is 4.48. The van der Waals surface area contributed by atoms with E-state index in [1.54, 1.807) is 0 Å². The monoisotopic (exact) mass is 336 g/mol. The second-order valence-electron chi connectivity index (χ2n) is 7.47. The molecule has 0 aromatic heterocycles. The van der Waals surface area contributed by atoms with Crippen LogP contribution in [0.4, 0.5) is 0 Å². The molecular formula is C22H21ClO. The molecule has 0 N–H and O–H groups in total. The van der Waals surface area contributed by atoms with E-state index in [0.717, 1.165) is 12.0 Å². The summed E-state index contributed by atoms with van der Waals surface area (Å²) >= 11 is 6.02. The molecule has 1 saturated carbocycles. The quantitative estimate of drug-likeness (QED) is 0.543. The molecule has 0 amide bonds. The topological polar surface area (TPSA) is 17.1 Å². The fourth-order valence-electron chi connectivity index (χ4n) is 3.15. The molecule has 1 nitrogen and oxygen atoms in total. The lowest BCUT2D eigenvalue weighted by Crippen LogP contribution is -2.21. The Hall–Kier alpha value is -2.04. The van der Waals surface area contributed by atoms with Crippen LogP contribution in [0.3, 0.4) is 0 Å². The minimum atomic E-state index is -0.538. The first-order valence-electron chi connectivity index (χ1n) is 8.21. The predicted molar refractivity (Wildman–Crippen MR) is 99.2 cm³/mol. The fraction of sp³-hybridized carbons (Fsp3) is 0.318. The lowest BCUT2D eigenvalue weighted by atomic mass is 9.86. The lowest BCUT2D eigenvalue weighted by Gasteiger charge is -2.15. The first-order valence-corrected chi connectivity index (χ1v) is 8.59. The van der Waals surface area contributed by atoms with Crippen LogP contribution in [-0.2, 0) is 10.2 Å². The number of Topliss-reactive ketones (excluding diaryl/α,β-unsaturated/α-hetero) is 1. The number of carbonyl (C=O) groups excluding carboxylic acids is 1. The third-order valence-corrected chi connectivity index (χ3v) is 4.73. The van der Waals surface area contributed by atoms with Crippen LogP contribution in [-0.4, -0.2) is 5.78 Å². The molecule has 0 spiro atoms. The maximum absolute atomic E-state index is 13.0. The molecular weight excluding hydrogens is 316 g/mol. The van der Waals surface area contributed by atoms with Crippen LogP contribution in [0, 0.1) is 17.3 Å². The van der Waals surface area contributed by atoms with Crippen molar-refractivity contribution in [1.29, 1.82) is 0 Å². The van der Waals surface area contributed by atoms with Crippen LogP contribution in [0.5, 0.6) is 0 Å². The second-order valence-corrected chi connectivity index (χ2v) is 7.91. The maximum Gasteiger partial charge on any atom is 0.216 e. The summed E-state index contributed by atoms with van der Waals surface area (Å²) in [5.41, 5.74) is 1.48. The van der Waals surface area contributed by atoms with Crippen molar-refractivity contribution in [3.63, 3.8) is 0 Å². The predicted octanol–water partition coefficient (Wildman–Crippen LogP) is 5.38. The summed E-state index contributed by atoms with van der Waals surface area (Å²) in [6, 6.07) is 17.8. The molecule has 0 saturated heterocycles. The van der Waals surface area contributed by atoms with Gasteiger partial charge < -0.3 is 0 Å². The van der Waals surface area contributed by atoms with Gasteiger partial charge in [0.2, 0.25) is 5.78 Å². The highest BCUT2D eigenvalue weighted by atomic mass is 35.5. The molecule has 1 aliphatic carbocycles. The Kier molecular flexibility index (Phi) is 4.28. The summed E-state index contributed by atoms with van der Waals surface area (Å²) in [5.74, 6) is 6.20. The van der Waals surface area contributed by atoms with Crippen molar-refractivity contribution in [3.8, 4) is 11.8 Å². The van der Waals surface area contributed by atoms with Crippen molar-refractivity contribution < 1.29 is 4.79 Å². The number of carbonyl (C=O) groups is 1. The molecule has 0 radical (unpaired) electrons. The summed E-state index contributed by atoms with van der Waals surface area (Å²) in [6.45, 7) is 6.05. The maximum atomic E-state index is 13.0. The van der Waals surface area contributed by atoms with Gasteiger partial charge in [-0.3, -0.25) is 4.79 Å². The largest absolute Gasteiger partial charge is 0.284 e.